The van der Waals surface area contributed by atoms with Crippen molar-refractivity contribution in [2.45, 2.75) is 52.2 Å². The fraction of sp³-hybridized carbons (Fsp3) is 0.650. The van der Waals surface area contributed by atoms with E-state index in [2.05, 4.69) is 24.8 Å². The topological polar surface area (TPSA) is 51.2 Å². The Morgan fingerprint density at radius 1 is 1.15 bits per heavy atom. The van der Waals surface area contributed by atoms with Crippen molar-refractivity contribution >= 4 is 11.8 Å². The lowest BCUT2D eigenvalue weighted by Gasteiger charge is -2.37. The van der Waals surface area contributed by atoms with Crippen LogP contribution in [0, 0.1) is 0 Å². The lowest BCUT2D eigenvalue weighted by atomic mass is 10.1. The molecular formula is C20H30N2O4. The molecule has 1 amide bonds. The van der Waals surface area contributed by atoms with Gasteiger partial charge in [0.1, 0.15) is 11.2 Å². The van der Waals surface area contributed by atoms with Gasteiger partial charge in [0.15, 0.2) is 11.5 Å². The highest BCUT2D eigenvalue weighted by atomic mass is 16.6. The average Bonchev–Trinajstić information content (AvgIpc) is 2.70. The van der Waals surface area contributed by atoms with E-state index in [0.29, 0.717) is 19.7 Å². The molecule has 0 unspecified atom stereocenters. The molecule has 144 valence electrons. The SMILES string of the molecule is CC(C)(C)OC(=O)N1CCN(c2cccc3c2OCCC(C)(C)O3)CC1. The van der Waals surface area contributed by atoms with Crippen LogP contribution in [0.1, 0.15) is 41.0 Å². The summed E-state index contributed by atoms with van der Waals surface area (Å²) in [5.74, 6) is 1.60. The van der Waals surface area contributed by atoms with E-state index in [1.54, 1.807) is 4.90 Å². The zero-order valence-electron chi connectivity index (χ0n) is 16.5. The number of carbonyl (C=O) groups excluding carboxylic acids is 1. The molecule has 2 heterocycles. The number of rotatable bonds is 1. The Bertz CT molecular complexity index is 658. The van der Waals surface area contributed by atoms with Gasteiger partial charge in [0.25, 0.3) is 0 Å². The van der Waals surface area contributed by atoms with Gasteiger partial charge in [-0.3, -0.25) is 0 Å². The van der Waals surface area contributed by atoms with E-state index >= 15 is 0 Å². The Balaban J connectivity index is 1.70. The van der Waals surface area contributed by atoms with E-state index in [1.165, 1.54) is 0 Å². The zero-order valence-corrected chi connectivity index (χ0v) is 16.5. The fourth-order valence-electron chi connectivity index (χ4n) is 3.18. The van der Waals surface area contributed by atoms with E-state index < -0.39 is 5.60 Å². The average molecular weight is 362 g/mol. The lowest BCUT2D eigenvalue weighted by molar-refractivity contribution is 0.0240. The van der Waals surface area contributed by atoms with Crippen molar-refractivity contribution in [1.82, 2.24) is 4.90 Å². The van der Waals surface area contributed by atoms with Crippen LogP contribution in [0.15, 0.2) is 18.2 Å². The number of amides is 1. The maximum Gasteiger partial charge on any atom is 0.410 e. The van der Waals surface area contributed by atoms with Crippen LogP contribution in [-0.2, 0) is 4.74 Å². The summed E-state index contributed by atoms with van der Waals surface area (Å²) in [5, 5.41) is 0. The Morgan fingerprint density at radius 3 is 2.50 bits per heavy atom. The second-order valence-electron chi connectivity index (χ2n) is 8.52. The number of piperazine rings is 1. The number of ether oxygens (including phenoxy) is 3. The number of carbonyl (C=O) groups is 1. The van der Waals surface area contributed by atoms with Crippen LogP contribution in [0.4, 0.5) is 10.5 Å². The third kappa shape index (κ3) is 4.34. The van der Waals surface area contributed by atoms with Crippen molar-refractivity contribution in [3.05, 3.63) is 18.2 Å². The fourth-order valence-corrected chi connectivity index (χ4v) is 3.18. The number of fused-ring (bicyclic) bond motifs is 1. The maximum absolute atomic E-state index is 12.2. The minimum absolute atomic E-state index is 0.237. The summed E-state index contributed by atoms with van der Waals surface area (Å²) in [6, 6.07) is 6.02. The molecule has 2 aliphatic rings. The van der Waals surface area contributed by atoms with Gasteiger partial charge < -0.3 is 24.0 Å². The maximum atomic E-state index is 12.2. The molecule has 0 N–H and O–H groups in total. The summed E-state index contributed by atoms with van der Waals surface area (Å²) in [6.45, 7) is 13.2. The molecule has 0 radical (unpaired) electrons. The van der Waals surface area contributed by atoms with Crippen molar-refractivity contribution in [1.29, 1.82) is 0 Å². The Labute approximate surface area is 156 Å². The van der Waals surface area contributed by atoms with E-state index in [9.17, 15) is 4.79 Å². The third-order valence-electron chi connectivity index (χ3n) is 4.57. The van der Waals surface area contributed by atoms with Crippen molar-refractivity contribution < 1.29 is 19.0 Å². The summed E-state index contributed by atoms with van der Waals surface area (Å²) in [7, 11) is 0. The molecule has 0 aliphatic carbocycles. The lowest BCUT2D eigenvalue weighted by Crippen LogP contribution is -2.50. The molecule has 0 aromatic heterocycles. The second kappa shape index (κ2) is 6.89. The summed E-state index contributed by atoms with van der Waals surface area (Å²) >= 11 is 0. The number of anilines is 1. The molecule has 3 rings (SSSR count). The molecule has 1 aromatic rings. The van der Waals surface area contributed by atoms with Gasteiger partial charge in [0.05, 0.1) is 12.3 Å². The van der Waals surface area contributed by atoms with E-state index in [1.807, 2.05) is 32.9 Å². The molecule has 0 atom stereocenters. The van der Waals surface area contributed by atoms with Gasteiger partial charge in [-0.1, -0.05) is 6.07 Å². The highest BCUT2D eigenvalue weighted by molar-refractivity contribution is 5.70. The molecule has 2 aliphatic heterocycles. The van der Waals surface area contributed by atoms with Gasteiger partial charge in [0, 0.05) is 32.6 Å². The highest BCUT2D eigenvalue weighted by Gasteiger charge is 2.30. The van der Waals surface area contributed by atoms with E-state index in [4.69, 9.17) is 14.2 Å². The van der Waals surface area contributed by atoms with Crippen molar-refractivity contribution in [2.24, 2.45) is 0 Å². The van der Waals surface area contributed by atoms with Crippen LogP contribution < -0.4 is 14.4 Å². The molecule has 0 bridgehead atoms. The quantitative estimate of drug-likeness (QED) is 0.763. The van der Waals surface area contributed by atoms with Gasteiger partial charge in [0.2, 0.25) is 0 Å². The molecular weight excluding hydrogens is 332 g/mol. The largest absolute Gasteiger partial charge is 0.487 e. The Kier molecular flexibility index (Phi) is 4.95. The zero-order chi connectivity index (χ0) is 18.9. The predicted octanol–water partition coefficient (Wildman–Crippen LogP) is 3.68. The number of benzene rings is 1. The molecule has 26 heavy (non-hydrogen) atoms. The molecule has 0 saturated carbocycles. The molecule has 0 spiro atoms. The minimum atomic E-state index is -0.469. The summed E-state index contributed by atoms with van der Waals surface area (Å²) in [5.41, 5.74) is 0.325. The van der Waals surface area contributed by atoms with Crippen LogP contribution in [0.2, 0.25) is 0 Å². The van der Waals surface area contributed by atoms with Gasteiger partial charge in [-0.15, -0.1) is 0 Å². The summed E-state index contributed by atoms with van der Waals surface area (Å²) in [4.78, 5) is 16.3. The summed E-state index contributed by atoms with van der Waals surface area (Å²) < 4.78 is 17.7. The molecule has 1 aromatic carbocycles. The number of para-hydroxylation sites is 1. The smallest absolute Gasteiger partial charge is 0.410 e. The van der Waals surface area contributed by atoms with Crippen molar-refractivity contribution in [3.63, 3.8) is 0 Å². The monoisotopic (exact) mass is 362 g/mol. The van der Waals surface area contributed by atoms with Crippen molar-refractivity contribution in [2.75, 3.05) is 37.7 Å². The molecule has 6 heteroatoms. The normalized spacial score (nSPS) is 19.7. The van der Waals surface area contributed by atoms with Gasteiger partial charge in [-0.2, -0.15) is 0 Å². The number of nitrogens with zero attached hydrogens (tertiary/aromatic N) is 2. The first kappa shape index (κ1) is 18.7. The molecule has 6 nitrogen and oxygen atoms in total. The number of hydrogen-bond donors (Lipinski definition) is 0. The second-order valence-corrected chi connectivity index (χ2v) is 8.52. The van der Waals surface area contributed by atoms with Crippen LogP contribution in [-0.4, -0.2) is 55.0 Å². The molecule has 1 fully saturated rings. The summed E-state index contributed by atoms with van der Waals surface area (Å²) in [6.07, 6.45) is 0.596. The van der Waals surface area contributed by atoms with E-state index in [-0.39, 0.29) is 11.7 Å². The first-order valence-corrected chi connectivity index (χ1v) is 9.32. The van der Waals surface area contributed by atoms with Gasteiger partial charge in [-0.25, -0.2) is 4.79 Å². The van der Waals surface area contributed by atoms with E-state index in [0.717, 1.165) is 36.7 Å². The highest BCUT2D eigenvalue weighted by Crippen LogP contribution is 2.42. The third-order valence-corrected chi connectivity index (χ3v) is 4.57. The first-order chi connectivity index (χ1) is 12.1. The van der Waals surface area contributed by atoms with Gasteiger partial charge in [-0.05, 0) is 46.8 Å². The Morgan fingerprint density at radius 2 is 1.85 bits per heavy atom. The standard InChI is InChI=1S/C20H30N2O4/c1-19(2,3)26-18(23)22-12-10-21(11-13-22)15-7-6-8-16-17(15)24-14-9-20(4,5)25-16/h6-8H,9-14H2,1-5H3. The molecule has 1 saturated heterocycles. The van der Waals surface area contributed by atoms with Crippen LogP contribution in [0.25, 0.3) is 0 Å². The number of hydrogen-bond acceptors (Lipinski definition) is 5. The van der Waals surface area contributed by atoms with Crippen LogP contribution in [0.3, 0.4) is 0 Å². The van der Waals surface area contributed by atoms with Gasteiger partial charge >= 0.3 is 6.09 Å². The van der Waals surface area contributed by atoms with Crippen LogP contribution in [0.5, 0.6) is 11.5 Å². The first-order valence-electron chi connectivity index (χ1n) is 9.32. The minimum Gasteiger partial charge on any atom is -0.487 e. The Hall–Kier alpha value is -2.11. The van der Waals surface area contributed by atoms with Crippen molar-refractivity contribution in [3.8, 4) is 11.5 Å². The predicted molar refractivity (Wildman–Crippen MR) is 101 cm³/mol. The van der Waals surface area contributed by atoms with Crippen LogP contribution >= 0.6 is 0 Å².